The SMILES string of the molecule is COc1ccc(C(C)(COCc2cccc(Oc3ccccc3)c2)C(F)F)cc1. The topological polar surface area (TPSA) is 27.7 Å². The number of benzene rings is 3. The van der Waals surface area contributed by atoms with Crippen molar-refractivity contribution in [2.24, 2.45) is 0 Å². The van der Waals surface area contributed by atoms with Crippen LogP contribution in [-0.2, 0) is 16.8 Å². The van der Waals surface area contributed by atoms with Crippen LogP contribution in [0.3, 0.4) is 0 Å². The molecule has 0 aliphatic heterocycles. The molecule has 0 aromatic heterocycles. The number of alkyl halides is 2. The maximum Gasteiger partial charge on any atom is 0.250 e. The lowest BCUT2D eigenvalue weighted by Crippen LogP contribution is -2.36. The maximum atomic E-state index is 13.9. The average Bonchev–Trinajstić information content (AvgIpc) is 2.74. The van der Waals surface area contributed by atoms with E-state index in [0.717, 1.165) is 11.3 Å². The first kappa shape index (κ1) is 20.8. The summed E-state index contributed by atoms with van der Waals surface area (Å²) in [6.07, 6.45) is -2.57. The normalized spacial score (nSPS) is 13.1. The van der Waals surface area contributed by atoms with Gasteiger partial charge in [-0.25, -0.2) is 8.78 Å². The lowest BCUT2D eigenvalue weighted by Gasteiger charge is -2.29. The molecule has 29 heavy (non-hydrogen) atoms. The van der Waals surface area contributed by atoms with Crippen molar-refractivity contribution < 1.29 is 23.0 Å². The van der Waals surface area contributed by atoms with Gasteiger partial charge >= 0.3 is 0 Å². The lowest BCUT2D eigenvalue weighted by molar-refractivity contribution is -0.0128. The van der Waals surface area contributed by atoms with Crippen LogP contribution in [0, 0.1) is 0 Å². The highest BCUT2D eigenvalue weighted by atomic mass is 19.3. The van der Waals surface area contributed by atoms with E-state index < -0.39 is 11.8 Å². The van der Waals surface area contributed by atoms with E-state index in [4.69, 9.17) is 14.2 Å². The molecule has 0 saturated carbocycles. The molecule has 0 bridgehead atoms. The van der Waals surface area contributed by atoms with Crippen molar-refractivity contribution in [2.45, 2.75) is 25.4 Å². The van der Waals surface area contributed by atoms with Gasteiger partial charge in [0.25, 0.3) is 0 Å². The number of rotatable bonds is 9. The van der Waals surface area contributed by atoms with Crippen molar-refractivity contribution in [3.8, 4) is 17.2 Å². The van der Waals surface area contributed by atoms with Gasteiger partial charge in [0.05, 0.1) is 25.7 Å². The summed E-state index contributed by atoms with van der Waals surface area (Å²) in [6.45, 7) is 1.61. The van der Waals surface area contributed by atoms with Crippen LogP contribution in [0.5, 0.6) is 17.2 Å². The van der Waals surface area contributed by atoms with Gasteiger partial charge in [0, 0.05) is 0 Å². The first-order chi connectivity index (χ1) is 14.0. The molecular weight excluding hydrogens is 374 g/mol. The molecule has 3 nitrogen and oxygen atoms in total. The van der Waals surface area contributed by atoms with Crippen molar-refractivity contribution in [2.75, 3.05) is 13.7 Å². The van der Waals surface area contributed by atoms with Gasteiger partial charge in [-0.05, 0) is 54.4 Å². The van der Waals surface area contributed by atoms with Crippen LogP contribution >= 0.6 is 0 Å². The molecular formula is C24H24F2O3. The molecule has 0 amide bonds. The molecule has 5 heteroatoms. The number of para-hydroxylation sites is 1. The summed E-state index contributed by atoms with van der Waals surface area (Å²) in [6, 6.07) is 23.5. The highest BCUT2D eigenvalue weighted by Gasteiger charge is 2.37. The van der Waals surface area contributed by atoms with E-state index in [9.17, 15) is 8.78 Å². The Morgan fingerprint density at radius 3 is 2.17 bits per heavy atom. The third-order valence-corrected chi connectivity index (χ3v) is 4.78. The van der Waals surface area contributed by atoms with E-state index in [1.165, 1.54) is 6.92 Å². The maximum absolute atomic E-state index is 13.9. The monoisotopic (exact) mass is 398 g/mol. The van der Waals surface area contributed by atoms with Crippen LogP contribution in [0.1, 0.15) is 18.1 Å². The minimum Gasteiger partial charge on any atom is -0.497 e. The predicted octanol–water partition coefficient (Wildman–Crippen LogP) is 6.23. The van der Waals surface area contributed by atoms with Crippen LogP contribution in [-0.4, -0.2) is 20.1 Å². The number of methoxy groups -OCH3 is 1. The highest BCUT2D eigenvalue weighted by Crippen LogP contribution is 2.33. The predicted molar refractivity (Wildman–Crippen MR) is 109 cm³/mol. The van der Waals surface area contributed by atoms with E-state index in [2.05, 4.69) is 0 Å². The fraction of sp³-hybridized carbons (Fsp3) is 0.250. The first-order valence-corrected chi connectivity index (χ1v) is 9.33. The van der Waals surface area contributed by atoms with Crippen molar-refractivity contribution in [1.82, 2.24) is 0 Å². The van der Waals surface area contributed by atoms with Crippen LogP contribution < -0.4 is 9.47 Å². The Hall–Kier alpha value is -2.92. The fourth-order valence-electron chi connectivity index (χ4n) is 2.95. The fourth-order valence-corrected chi connectivity index (χ4v) is 2.95. The molecule has 1 atom stereocenters. The Morgan fingerprint density at radius 1 is 0.828 bits per heavy atom. The van der Waals surface area contributed by atoms with Crippen LogP contribution in [0.15, 0.2) is 78.9 Å². The van der Waals surface area contributed by atoms with Crippen LogP contribution in [0.2, 0.25) is 0 Å². The Kier molecular flexibility index (Phi) is 6.83. The lowest BCUT2D eigenvalue weighted by atomic mass is 9.83. The molecule has 0 heterocycles. The van der Waals surface area contributed by atoms with Crippen molar-refractivity contribution in [3.05, 3.63) is 90.0 Å². The number of hydrogen-bond acceptors (Lipinski definition) is 3. The molecule has 0 fully saturated rings. The number of hydrogen-bond donors (Lipinski definition) is 0. The molecule has 0 aliphatic carbocycles. The average molecular weight is 398 g/mol. The summed E-state index contributed by atoms with van der Waals surface area (Å²) in [4.78, 5) is 0. The van der Waals surface area contributed by atoms with Gasteiger partial charge in [-0.3, -0.25) is 0 Å². The molecule has 0 aliphatic rings. The zero-order valence-corrected chi connectivity index (χ0v) is 16.5. The second-order valence-corrected chi connectivity index (χ2v) is 7.00. The molecule has 1 unspecified atom stereocenters. The zero-order chi connectivity index (χ0) is 20.7. The van der Waals surface area contributed by atoms with Gasteiger partial charge in [0.2, 0.25) is 6.43 Å². The second kappa shape index (κ2) is 9.52. The molecule has 152 valence electrons. The molecule has 0 spiro atoms. The molecule has 0 N–H and O–H groups in total. The summed E-state index contributed by atoms with van der Waals surface area (Å²) >= 11 is 0. The molecule has 3 aromatic carbocycles. The second-order valence-electron chi connectivity index (χ2n) is 7.00. The van der Waals surface area contributed by atoms with E-state index in [-0.39, 0.29) is 13.2 Å². The van der Waals surface area contributed by atoms with Gasteiger partial charge in [-0.1, -0.05) is 42.5 Å². The summed E-state index contributed by atoms with van der Waals surface area (Å²) in [5.41, 5.74) is -0.0519. The zero-order valence-electron chi connectivity index (χ0n) is 16.5. The summed E-state index contributed by atoms with van der Waals surface area (Å²) in [7, 11) is 1.54. The standard InChI is InChI=1S/C24H24F2O3/c1-24(23(25)26,19-11-13-20(27-2)14-12-19)17-28-16-18-7-6-10-22(15-18)29-21-8-4-3-5-9-21/h3-15,23H,16-17H2,1-2H3. The largest absolute Gasteiger partial charge is 0.497 e. The number of halogens is 2. The molecule has 0 radical (unpaired) electrons. The van der Waals surface area contributed by atoms with Crippen LogP contribution in [0.25, 0.3) is 0 Å². The van der Waals surface area contributed by atoms with Gasteiger partial charge in [0.15, 0.2) is 0 Å². The Labute approximate surface area is 169 Å². The molecule has 0 saturated heterocycles. The Morgan fingerprint density at radius 2 is 1.52 bits per heavy atom. The minimum atomic E-state index is -2.57. The minimum absolute atomic E-state index is 0.110. The van der Waals surface area contributed by atoms with E-state index in [0.29, 0.717) is 17.1 Å². The first-order valence-electron chi connectivity index (χ1n) is 9.33. The smallest absolute Gasteiger partial charge is 0.250 e. The van der Waals surface area contributed by atoms with Gasteiger partial charge in [0.1, 0.15) is 17.2 Å². The summed E-state index contributed by atoms with van der Waals surface area (Å²) in [5, 5.41) is 0. The van der Waals surface area contributed by atoms with Crippen molar-refractivity contribution >= 4 is 0 Å². The third-order valence-electron chi connectivity index (χ3n) is 4.78. The Bertz CT molecular complexity index is 898. The van der Waals surface area contributed by atoms with E-state index >= 15 is 0 Å². The summed E-state index contributed by atoms with van der Waals surface area (Å²) < 4.78 is 44.3. The quantitative estimate of drug-likeness (QED) is 0.428. The highest BCUT2D eigenvalue weighted by molar-refractivity contribution is 5.34. The van der Waals surface area contributed by atoms with Gasteiger partial charge in [-0.15, -0.1) is 0 Å². The van der Waals surface area contributed by atoms with Gasteiger partial charge < -0.3 is 14.2 Å². The summed E-state index contributed by atoms with van der Waals surface area (Å²) in [5.74, 6) is 2.03. The van der Waals surface area contributed by atoms with Gasteiger partial charge in [-0.2, -0.15) is 0 Å². The third kappa shape index (κ3) is 5.33. The van der Waals surface area contributed by atoms with Crippen molar-refractivity contribution in [3.63, 3.8) is 0 Å². The van der Waals surface area contributed by atoms with E-state index in [1.807, 2.05) is 54.6 Å². The van der Waals surface area contributed by atoms with Crippen LogP contribution in [0.4, 0.5) is 8.78 Å². The van der Waals surface area contributed by atoms with E-state index in [1.54, 1.807) is 31.4 Å². The molecule has 3 rings (SSSR count). The molecule has 3 aromatic rings. The Balaban J connectivity index is 1.64. The van der Waals surface area contributed by atoms with Crippen molar-refractivity contribution in [1.29, 1.82) is 0 Å². The number of ether oxygens (including phenoxy) is 3.